The highest BCUT2D eigenvalue weighted by Gasteiger charge is 2.40. The van der Waals surface area contributed by atoms with E-state index in [9.17, 15) is 36.3 Å². The Bertz CT molecular complexity index is 2220. The van der Waals surface area contributed by atoms with E-state index in [1.54, 1.807) is 42.4 Å². The average Bonchev–Trinajstić information content (AvgIpc) is 3.18. The molecule has 2 aromatic carbocycles. The number of piperidine rings is 1. The molecule has 3 heterocycles. The third kappa shape index (κ3) is 8.62. The van der Waals surface area contributed by atoms with Gasteiger partial charge < -0.3 is 14.2 Å². The number of aromatic nitrogens is 2. The molecule has 6 rings (SSSR count). The van der Waals surface area contributed by atoms with Gasteiger partial charge in [-0.15, -0.1) is 0 Å². The highest BCUT2D eigenvalue weighted by atomic mass is 19.4. The molecule has 4 aromatic rings. The van der Waals surface area contributed by atoms with E-state index in [0.29, 0.717) is 42.7 Å². The monoisotopic (exact) mass is 776 g/mol. The topological polar surface area (TPSA) is 84.7 Å². The molecule has 13 heteroatoms. The first-order chi connectivity index (χ1) is 26.6. The average molecular weight is 777 g/mol. The molecule has 1 saturated heterocycles. The zero-order chi connectivity index (χ0) is 40.4. The molecule has 0 spiro atoms. The second-order valence-corrected chi connectivity index (χ2v) is 15.1. The first kappa shape index (κ1) is 40.5. The number of likely N-dealkylation sites (tertiary alicyclic amines) is 1. The Balaban J connectivity index is 1.31. The summed E-state index contributed by atoms with van der Waals surface area (Å²) in [7, 11) is 1.35. The number of esters is 1. The normalized spacial score (nSPS) is 17.1. The number of amides is 1. The highest BCUT2D eigenvalue weighted by molar-refractivity contribution is 5.81. The molecule has 0 radical (unpaired) electrons. The van der Waals surface area contributed by atoms with Crippen LogP contribution in [0.15, 0.2) is 89.4 Å². The minimum absolute atomic E-state index is 0.0719. The molecule has 0 saturated carbocycles. The number of hydrogen-bond acceptors (Lipinski definition) is 6. The number of alkyl halides is 3. The van der Waals surface area contributed by atoms with Gasteiger partial charge in [0.2, 0.25) is 5.91 Å². The van der Waals surface area contributed by atoms with E-state index in [4.69, 9.17) is 4.74 Å². The van der Waals surface area contributed by atoms with Crippen molar-refractivity contribution >= 4 is 28.5 Å². The summed E-state index contributed by atoms with van der Waals surface area (Å²) in [4.78, 5) is 48.8. The van der Waals surface area contributed by atoms with Gasteiger partial charge in [0, 0.05) is 49.2 Å². The van der Waals surface area contributed by atoms with E-state index < -0.39 is 28.9 Å². The molecule has 1 fully saturated rings. The Morgan fingerprint density at radius 3 is 2.34 bits per heavy atom. The van der Waals surface area contributed by atoms with Crippen LogP contribution in [-0.2, 0) is 40.3 Å². The van der Waals surface area contributed by atoms with Gasteiger partial charge in [0.15, 0.2) is 17.1 Å². The third-order valence-electron chi connectivity index (χ3n) is 11.2. The number of pyridine rings is 2. The van der Waals surface area contributed by atoms with E-state index in [1.165, 1.54) is 37.6 Å². The minimum Gasteiger partial charge on any atom is -0.468 e. The van der Waals surface area contributed by atoms with E-state index in [-0.39, 0.29) is 67.2 Å². The molecule has 296 valence electrons. The van der Waals surface area contributed by atoms with Crippen LogP contribution in [0.2, 0.25) is 0 Å². The van der Waals surface area contributed by atoms with Gasteiger partial charge in [0.05, 0.1) is 12.5 Å². The van der Waals surface area contributed by atoms with Crippen LogP contribution >= 0.6 is 0 Å². The van der Waals surface area contributed by atoms with Crippen LogP contribution in [0.5, 0.6) is 0 Å². The number of carbonyl (C=O) groups excluding carboxylic acids is 2. The fourth-order valence-corrected chi connectivity index (χ4v) is 7.85. The Labute approximate surface area is 322 Å². The van der Waals surface area contributed by atoms with Crippen LogP contribution in [-0.4, -0.2) is 69.2 Å². The van der Waals surface area contributed by atoms with Crippen molar-refractivity contribution in [3.63, 3.8) is 0 Å². The van der Waals surface area contributed by atoms with Crippen molar-refractivity contribution < 1.29 is 36.3 Å². The van der Waals surface area contributed by atoms with Gasteiger partial charge in [-0.05, 0) is 92.3 Å². The van der Waals surface area contributed by atoms with E-state index in [0.717, 1.165) is 28.8 Å². The SMILES string of the molecule is COC(=O)C(C)(C)N1CCC(N(Cc2ccc(C3=CC=C(C(F)(F)F)CC3C)cc2)C(=O)Cn2c(CCc3cccc(F)c3F)cc(=O)c3cccnc32)CC1. The van der Waals surface area contributed by atoms with Crippen molar-refractivity contribution in [2.75, 3.05) is 20.2 Å². The fraction of sp³-hybridized carbons (Fsp3) is 0.395. The number of halogens is 5. The van der Waals surface area contributed by atoms with Crippen LogP contribution in [0.25, 0.3) is 16.6 Å². The van der Waals surface area contributed by atoms with Crippen molar-refractivity contribution in [3.8, 4) is 0 Å². The van der Waals surface area contributed by atoms with Gasteiger partial charge in [-0.1, -0.05) is 55.5 Å². The first-order valence-corrected chi connectivity index (χ1v) is 18.7. The molecule has 1 unspecified atom stereocenters. The van der Waals surface area contributed by atoms with E-state index in [1.807, 2.05) is 29.2 Å². The number of methoxy groups -OCH3 is 1. The number of nitrogens with zero attached hydrogens (tertiary/aromatic N) is 4. The largest absolute Gasteiger partial charge is 0.468 e. The quantitative estimate of drug-likeness (QED) is 0.114. The van der Waals surface area contributed by atoms with Gasteiger partial charge >= 0.3 is 12.1 Å². The van der Waals surface area contributed by atoms with Gasteiger partial charge in [-0.2, -0.15) is 13.2 Å². The summed E-state index contributed by atoms with van der Waals surface area (Å²) in [5.41, 5.74) is 1.52. The lowest BCUT2D eigenvalue weighted by molar-refractivity contribution is -0.155. The third-order valence-corrected chi connectivity index (χ3v) is 11.2. The van der Waals surface area contributed by atoms with Gasteiger partial charge in [0.25, 0.3) is 0 Å². The summed E-state index contributed by atoms with van der Waals surface area (Å²) in [6.45, 7) is 6.43. The van der Waals surface area contributed by atoms with Crippen LogP contribution in [0.1, 0.15) is 62.4 Å². The second kappa shape index (κ2) is 16.5. The highest BCUT2D eigenvalue weighted by Crippen LogP contribution is 2.39. The van der Waals surface area contributed by atoms with Gasteiger partial charge in [-0.25, -0.2) is 13.8 Å². The minimum atomic E-state index is -4.38. The number of allylic oxidation sites excluding steroid dienone is 4. The van der Waals surface area contributed by atoms with Crippen molar-refractivity contribution in [1.82, 2.24) is 19.4 Å². The summed E-state index contributed by atoms with van der Waals surface area (Å²) in [6.07, 6.45) is 1.00. The molecule has 2 aromatic heterocycles. The summed E-state index contributed by atoms with van der Waals surface area (Å²) in [6, 6.07) is 15.8. The second-order valence-electron chi connectivity index (χ2n) is 15.1. The van der Waals surface area contributed by atoms with Gasteiger partial charge in [-0.3, -0.25) is 19.3 Å². The Morgan fingerprint density at radius 1 is 0.964 bits per heavy atom. The Morgan fingerprint density at radius 2 is 1.68 bits per heavy atom. The van der Waals surface area contributed by atoms with Crippen molar-refractivity contribution in [1.29, 1.82) is 0 Å². The van der Waals surface area contributed by atoms with Crippen molar-refractivity contribution in [2.45, 2.75) is 83.7 Å². The van der Waals surface area contributed by atoms with Crippen molar-refractivity contribution in [2.24, 2.45) is 5.92 Å². The lowest BCUT2D eigenvalue weighted by atomic mass is 9.84. The number of aryl methyl sites for hydroxylation is 2. The summed E-state index contributed by atoms with van der Waals surface area (Å²) >= 11 is 0. The zero-order valence-corrected chi connectivity index (χ0v) is 31.8. The number of carbonyl (C=O) groups is 2. The number of rotatable bonds is 11. The predicted octanol–water partition coefficient (Wildman–Crippen LogP) is 7.82. The number of hydrogen-bond donors (Lipinski definition) is 0. The maximum Gasteiger partial charge on any atom is 0.412 e. The summed E-state index contributed by atoms with van der Waals surface area (Å²) < 4.78 is 75.5. The summed E-state index contributed by atoms with van der Waals surface area (Å²) in [5, 5.41) is 0.310. The van der Waals surface area contributed by atoms with Crippen LogP contribution in [0.4, 0.5) is 22.0 Å². The van der Waals surface area contributed by atoms with Crippen LogP contribution < -0.4 is 5.43 Å². The predicted molar refractivity (Wildman–Crippen MR) is 203 cm³/mol. The molecule has 2 aliphatic rings. The van der Waals surface area contributed by atoms with Crippen LogP contribution in [0, 0.1) is 17.6 Å². The summed E-state index contributed by atoms with van der Waals surface area (Å²) in [5.74, 6) is -2.90. The molecule has 0 bridgehead atoms. The van der Waals surface area contributed by atoms with Crippen molar-refractivity contribution in [3.05, 3.63) is 129 Å². The zero-order valence-electron chi connectivity index (χ0n) is 31.8. The Hall–Kier alpha value is -5.17. The first-order valence-electron chi connectivity index (χ1n) is 18.7. The molecule has 56 heavy (non-hydrogen) atoms. The number of ether oxygens (including phenoxy) is 1. The molecule has 1 aliphatic heterocycles. The van der Waals surface area contributed by atoms with Crippen LogP contribution in [0.3, 0.4) is 0 Å². The standard InChI is InChI=1S/C43H45F5N4O4/c1-27-23-31(43(46,47)48)15-17-34(27)29-12-10-28(11-13-29)25-51(32-18-21-50(22-19-32)42(2,3)41(55)56-4)38(54)26-52-33(16-14-30-7-5-9-36(44)39(30)45)24-37(53)35-8-6-20-49-40(35)52/h5-13,15,17,20,24,27,32H,14,16,18-19,21-23,25-26H2,1-4H3. The lowest BCUT2D eigenvalue weighted by Gasteiger charge is -2.44. The number of fused-ring (bicyclic) bond motifs is 1. The molecular formula is C43H45F5N4O4. The molecule has 8 nitrogen and oxygen atoms in total. The number of benzene rings is 2. The molecule has 1 aliphatic carbocycles. The Kier molecular flexibility index (Phi) is 11.9. The molecular weight excluding hydrogens is 731 g/mol. The molecule has 1 atom stereocenters. The molecule has 1 amide bonds. The maximum atomic E-state index is 14.7. The molecule has 0 N–H and O–H groups in total. The fourth-order valence-electron chi connectivity index (χ4n) is 7.85. The lowest BCUT2D eigenvalue weighted by Crippen LogP contribution is -2.56. The van der Waals surface area contributed by atoms with E-state index >= 15 is 0 Å². The van der Waals surface area contributed by atoms with Gasteiger partial charge in [0.1, 0.15) is 17.7 Å². The van der Waals surface area contributed by atoms with E-state index in [2.05, 4.69) is 4.98 Å². The smallest absolute Gasteiger partial charge is 0.412 e. The maximum absolute atomic E-state index is 14.7.